The normalized spacial score (nSPS) is 10.3. The molecule has 0 fully saturated rings. The van der Waals surface area contributed by atoms with Gasteiger partial charge in [-0.1, -0.05) is 42.5 Å². The number of aromatic hydroxyl groups is 1. The van der Waals surface area contributed by atoms with Crippen LogP contribution < -0.4 is 0 Å². The van der Waals surface area contributed by atoms with Gasteiger partial charge in [0.05, 0.1) is 0 Å². The fourth-order valence-corrected chi connectivity index (χ4v) is 2.58. The van der Waals surface area contributed by atoms with Gasteiger partial charge in [-0.15, -0.1) is 0 Å². The van der Waals surface area contributed by atoms with Crippen LogP contribution in [-0.4, -0.2) is 21.1 Å². The molecule has 1 aromatic heterocycles. The van der Waals surface area contributed by atoms with Gasteiger partial charge in [-0.2, -0.15) is 0 Å². The van der Waals surface area contributed by atoms with E-state index in [1.807, 2.05) is 48.5 Å². The Labute approximate surface area is 152 Å². The molecule has 0 aliphatic heterocycles. The second kappa shape index (κ2) is 8.67. The van der Waals surface area contributed by atoms with Gasteiger partial charge in [0.2, 0.25) is 0 Å². The number of pyridine rings is 1. The molecule has 26 heavy (non-hydrogen) atoms. The molecular weight excluding hydrogens is 328 g/mol. The van der Waals surface area contributed by atoms with Crippen molar-refractivity contribution in [2.75, 3.05) is 0 Å². The second-order valence-electron chi connectivity index (χ2n) is 5.92. The van der Waals surface area contributed by atoms with Crippen molar-refractivity contribution < 1.29 is 14.6 Å². The number of hydrogen-bond donors (Lipinski definition) is 1. The SMILES string of the molecule is O=C(OCc1ccccc1)N(Cc1ccncc1)Cc1cccc(O)c1. The van der Waals surface area contributed by atoms with Gasteiger partial charge in [-0.3, -0.25) is 9.88 Å². The highest BCUT2D eigenvalue weighted by molar-refractivity contribution is 5.67. The fraction of sp³-hybridized carbons (Fsp3) is 0.143. The maximum atomic E-state index is 12.6. The van der Waals surface area contributed by atoms with E-state index in [-0.39, 0.29) is 12.4 Å². The van der Waals surface area contributed by atoms with E-state index in [0.717, 1.165) is 16.7 Å². The van der Waals surface area contributed by atoms with Crippen LogP contribution in [0.25, 0.3) is 0 Å². The van der Waals surface area contributed by atoms with Crippen molar-refractivity contribution in [3.63, 3.8) is 0 Å². The van der Waals surface area contributed by atoms with Crippen LogP contribution >= 0.6 is 0 Å². The van der Waals surface area contributed by atoms with E-state index in [0.29, 0.717) is 13.1 Å². The summed E-state index contributed by atoms with van der Waals surface area (Å²) in [7, 11) is 0. The smallest absolute Gasteiger partial charge is 0.410 e. The van der Waals surface area contributed by atoms with Crippen molar-refractivity contribution in [2.45, 2.75) is 19.7 Å². The Morgan fingerprint density at radius 1 is 0.885 bits per heavy atom. The molecule has 0 radical (unpaired) electrons. The summed E-state index contributed by atoms with van der Waals surface area (Å²) in [4.78, 5) is 18.2. The highest BCUT2D eigenvalue weighted by Crippen LogP contribution is 2.16. The van der Waals surface area contributed by atoms with Crippen LogP contribution in [-0.2, 0) is 24.4 Å². The van der Waals surface area contributed by atoms with Crippen molar-refractivity contribution in [1.29, 1.82) is 0 Å². The van der Waals surface area contributed by atoms with Crippen molar-refractivity contribution in [3.8, 4) is 5.75 Å². The van der Waals surface area contributed by atoms with Crippen molar-refractivity contribution in [1.82, 2.24) is 9.88 Å². The predicted molar refractivity (Wildman–Crippen MR) is 98.2 cm³/mol. The van der Waals surface area contributed by atoms with Gasteiger partial charge >= 0.3 is 6.09 Å². The first-order valence-electron chi connectivity index (χ1n) is 8.33. The van der Waals surface area contributed by atoms with E-state index >= 15 is 0 Å². The number of rotatable bonds is 6. The van der Waals surface area contributed by atoms with Gasteiger partial charge in [-0.05, 0) is 41.0 Å². The third-order valence-electron chi connectivity index (χ3n) is 3.87. The van der Waals surface area contributed by atoms with Crippen molar-refractivity contribution in [2.24, 2.45) is 0 Å². The summed E-state index contributed by atoms with van der Waals surface area (Å²) in [6, 6.07) is 20.1. The first kappa shape index (κ1) is 17.5. The van der Waals surface area contributed by atoms with Crippen molar-refractivity contribution >= 4 is 6.09 Å². The van der Waals surface area contributed by atoms with Crippen LogP contribution in [0.2, 0.25) is 0 Å². The molecule has 0 aliphatic carbocycles. The Kier molecular flexibility index (Phi) is 5.83. The minimum atomic E-state index is -0.408. The van der Waals surface area contributed by atoms with E-state index in [9.17, 15) is 9.90 Å². The summed E-state index contributed by atoms with van der Waals surface area (Å²) in [5, 5.41) is 9.66. The number of nitrogens with zero attached hydrogens (tertiary/aromatic N) is 2. The number of benzene rings is 2. The summed E-state index contributed by atoms with van der Waals surface area (Å²) >= 11 is 0. The molecule has 0 saturated heterocycles. The zero-order chi connectivity index (χ0) is 18.2. The van der Waals surface area contributed by atoms with Gasteiger partial charge in [0.1, 0.15) is 12.4 Å². The maximum absolute atomic E-state index is 12.6. The predicted octanol–water partition coefficient (Wildman–Crippen LogP) is 4.13. The first-order chi connectivity index (χ1) is 12.7. The summed E-state index contributed by atoms with van der Waals surface area (Å²) < 4.78 is 5.47. The third kappa shape index (κ3) is 5.08. The van der Waals surface area contributed by atoms with E-state index < -0.39 is 6.09 Å². The minimum Gasteiger partial charge on any atom is -0.508 e. The lowest BCUT2D eigenvalue weighted by Gasteiger charge is -2.22. The average Bonchev–Trinajstić information content (AvgIpc) is 2.67. The van der Waals surface area contributed by atoms with E-state index in [2.05, 4.69) is 4.98 Å². The second-order valence-corrected chi connectivity index (χ2v) is 5.92. The molecule has 0 aliphatic rings. The Bertz CT molecular complexity index is 838. The maximum Gasteiger partial charge on any atom is 0.410 e. The number of carbonyl (C=O) groups is 1. The number of phenolic OH excluding ortho intramolecular Hbond substituents is 1. The Morgan fingerprint density at radius 2 is 1.58 bits per heavy atom. The molecule has 0 saturated carbocycles. The zero-order valence-corrected chi connectivity index (χ0v) is 14.3. The Balaban J connectivity index is 1.71. The topological polar surface area (TPSA) is 62.7 Å². The van der Waals surface area contributed by atoms with Gasteiger partial charge in [-0.25, -0.2) is 4.79 Å². The van der Waals surface area contributed by atoms with Crippen LogP contribution in [0.1, 0.15) is 16.7 Å². The summed E-state index contributed by atoms with van der Waals surface area (Å²) in [5.74, 6) is 0.170. The van der Waals surface area contributed by atoms with E-state index in [1.165, 1.54) is 0 Å². The molecule has 0 unspecified atom stereocenters. The summed E-state index contributed by atoms with van der Waals surface area (Å²) in [6.07, 6.45) is 2.97. The van der Waals surface area contributed by atoms with E-state index in [1.54, 1.807) is 35.5 Å². The third-order valence-corrected chi connectivity index (χ3v) is 3.87. The molecule has 1 amide bonds. The molecule has 0 bridgehead atoms. The van der Waals surface area contributed by atoms with Crippen LogP contribution in [0, 0.1) is 0 Å². The largest absolute Gasteiger partial charge is 0.508 e. The zero-order valence-electron chi connectivity index (χ0n) is 14.3. The van der Waals surface area contributed by atoms with Crippen LogP contribution in [0.4, 0.5) is 4.79 Å². The summed E-state index contributed by atoms with van der Waals surface area (Å²) in [5.41, 5.74) is 2.72. The van der Waals surface area contributed by atoms with Gasteiger partial charge in [0.25, 0.3) is 0 Å². The van der Waals surface area contributed by atoms with Crippen LogP contribution in [0.3, 0.4) is 0 Å². The fourth-order valence-electron chi connectivity index (χ4n) is 2.58. The molecule has 3 aromatic rings. The standard InChI is InChI=1S/C21H20N2O3/c24-20-8-4-7-19(13-20)15-23(14-17-9-11-22-12-10-17)21(25)26-16-18-5-2-1-3-6-18/h1-13,24H,14-16H2. The Morgan fingerprint density at radius 3 is 2.31 bits per heavy atom. The van der Waals surface area contributed by atoms with Crippen molar-refractivity contribution in [3.05, 3.63) is 95.8 Å². The molecule has 5 nitrogen and oxygen atoms in total. The average molecular weight is 348 g/mol. The molecule has 1 heterocycles. The number of phenols is 1. The molecule has 5 heteroatoms. The van der Waals surface area contributed by atoms with E-state index in [4.69, 9.17) is 4.74 Å². The number of ether oxygens (including phenoxy) is 1. The summed E-state index contributed by atoms with van der Waals surface area (Å²) in [6.45, 7) is 0.947. The molecule has 3 rings (SSSR count). The first-order valence-corrected chi connectivity index (χ1v) is 8.33. The number of aromatic nitrogens is 1. The Hall–Kier alpha value is -3.34. The molecule has 132 valence electrons. The molecule has 1 N–H and O–H groups in total. The lowest BCUT2D eigenvalue weighted by molar-refractivity contribution is 0.0910. The van der Waals surface area contributed by atoms with Gasteiger partial charge in [0.15, 0.2) is 0 Å². The lowest BCUT2D eigenvalue weighted by Crippen LogP contribution is -2.30. The quantitative estimate of drug-likeness (QED) is 0.728. The minimum absolute atomic E-state index is 0.170. The number of carbonyl (C=O) groups excluding carboxylic acids is 1. The monoisotopic (exact) mass is 348 g/mol. The van der Waals surface area contributed by atoms with Gasteiger partial charge < -0.3 is 9.84 Å². The van der Waals surface area contributed by atoms with Gasteiger partial charge in [0, 0.05) is 25.5 Å². The lowest BCUT2D eigenvalue weighted by atomic mass is 10.2. The molecule has 0 spiro atoms. The number of hydrogen-bond acceptors (Lipinski definition) is 4. The highest BCUT2D eigenvalue weighted by atomic mass is 16.6. The highest BCUT2D eigenvalue weighted by Gasteiger charge is 2.16. The van der Waals surface area contributed by atoms with Crippen LogP contribution in [0.15, 0.2) is 79.1 Å². The molecule has 0 atom stereocenters. The van der Waals surface area contributed by atoms with Crippen LogP contribution in [0.5, 0.6) is 5.75 Å². The molecular formula is C21H20N2O3. The number of amides is 1. The molecule has 2 aromatic carbocycles.